The summed E-state index contributed by atoms with van der Waals surface area (Å²) in [6, 6.07) is 10.0. The lowest BCUT2D eigenvalue weighted by Gasteiger charge is -2.30. The molecule has 0 radical (unpaired) electrons. The van der Waals surface area contributed by atoms with Gasteiger partial charge in [-0.1, -0.05) is 26.0 Å². The minimum absolute atomic E-state index is 0.0841. The molecule has 30 heavy (non-hydrogen) atoms. The Morgan fingerprint density at radius 2 is 2.00 bits per heavy atom. The van der Waals surface area contributed by atoms with Gasteiger partial charge in [-0.2, -0.15) is 9.64 Å². The van der Waals surface area contributed by atoms with Crippen LogP contribution in [0.3, 0.4) is 0 Å². The summed E-state index contributed by atoms with van der Waals surface area (Å²) in [5.74, 6) is -0.146. The molecule has 1 aromatic carbocycles. The van der Waals surface area contributed by atoms with E-state index in [0.29, 0.717) is 6.42 Å². The summed E-state index contributed by atoms with van der Waals surface area (Å²) >= 11 is 1.31. The molecule has 0 saturated carbocycles. The van der Waals surface area contributed by atoms with Gasteiger partial charge in [0.2, 0.25) is 5.91 Å². The summed E-state index contributed by atoms with van der Waals surface area (Å²) in [5.41, 5.74) is 9.74. The number of rotatable bonds is 8. The van der Waals surface area contributed by atoms with E-state index in [0.717, 1.165) is 53.8 Å². The molecule has 2 aromatic rings. The maximum Gasteiger partial charge on any atom is 0.240 e. The van der Waals surface area contributed by atoms with E-state index in [4.69, 9.17) is 10.5 Å². The zero-order valence-corrected chi connectivity index (χ0v) is 18.6. The fourth-order valence-electron chi connectivity index (χ4n) is 3.79. The lowest BCUT2D eigenvalue weighted by molar-refractivity contribution is -0.119. The lowest BCUT2D eigenvalue weighted by atomic mass is 10.00. The Bertz CT molecular complexity index is 897. The lowest BCUT2D eigenvalue weighted by Crippen LogP contribution is -2.46. The van der Waals surface area contributed by atoms with E-state index in [1.807, 2.05) is 25.7 Å². The van der Waals surface area contributed by atoms with Gasteiger partial charge >= 0.3 is 0 Å². The zero-order chi connectivity index (χ0) is 21.7. The summed E-state index contributed by atoms with van der Waals surface area (Å²) in [4.78, 5) is 16.4. The van der Waals surface area contributed by atoms with Crippen molar-refractivity contribution in [3.05, 3.63) is 30.0 Å². The van der Waals surface area contributed by atoms with E-state index >= 15 is 0 Å². The molecular formula is C22H29N5O2S. The average Bonchev–Trinajstić information content (AvgIpc) is 3.12. The summed E-state index contributed by atoms with van der Waals surface area (Å²) < 4.78 is 9.98. The Morgan fingerprint density at radius 1 is 1.33 bits per heavy atom. The van der Waals surface area contributed by atoms with Gasteiger partial charge in [0, 0.05) is 24.3 Å². The quantitative estimate of drug-likeness (QED) is 0.650. The number of nitrogens with zero attached hydrogens (tertiary/aromatic N) is 4. The van der Waals surface area contributed by atoms with Crippen molar-refractivity contribution in [2.24, 2.45) is 11.7 Å². The van der Waals surface area contributed by atoms with Crippen molar-refractivity contribution < 1.29 is 9.53 Å². The van der Waals surface area contributed by atoms with Gasteiger partial charge in [0.25, 0.3) is 0 Å². The number of nitriles is 1. The first-order chi connectivity index (χ1) is 14.4. The molecule has 1 amide bonds. The molecule has 0 unspecified atom stereocenters. The van der Waals surface area contributed by atoms with Gasteiger partial charge in [-0.05, 0) is 48.5 Å². The van der Waals surface area contributed by atoms with Crippen molar-refractivity contribution >= 4 is 28.1 Å². The standard InChI is InChI=1S/C22H29N5O2S/c1-15(2)14-19(21(24)28)27(9-8-23)22-20(16(3)25-30-22)17-4-6-18(7-5-17)26-10-12-29-13-11-26/h4-7,15,19H,9-14H2,1-3H3,(H2,24,28)/t19-/m0/s1. The summed E-state index contributed by atoms with van der Waals surface area (Å²) in [7, 11) is 0. The largest absolute Gasteiger partial charge is 0.378 e. The van der Waals surface area contributed by atoms with Crippen molar-refractivity contribution in [2.45, 2.75) is 33.2 Å². The molecule has 1 atom stereocenters. The highest BCUT2D eigenvalue weighted by Crippen LogP contribution is 2.39. The minimum Gasteiger partial charge on any atom is -0.378 e. The number of morpholine rings is 1. The first-order valence-corrected chi connectivity index (χ1v) is 11.0. The van der Waals surface area contributed by atoms with Crippen LogP contribution < -0.4 is 15.5 Å². The SMILES string of the molecule is Cc1nsc(N(CC#N)[C@@H](CC(C)C)C(N)=O)c1-c1ccc(N2CCOCC2)cc1. The van der Waals surface area contributed by atoms with Crippen LogP contribution in [-0.2, 0) is 9.53 Å². The molecule has 1 aromatic heterocycles. The number of nitrogens with two attached hydrogens (primary N) is 1. The molecule has 0 spiro atoms. The number of hydrogen-bond acceptors (Lipinski definition) is 7. The molecule has 160 valence electrons. The fourth-order valence-corrected chi connectivity index (χ4v) is 4.76. The molecule has 8 heteroatoms. The van der Waals surface area contributed by atoms with Crippen LogP contribution in [0.25, 0.3) is 11.1 Å². The van der Waals surface area contributed by atoms with Gasteiger partial charge in [0.15, 0.2) is 0 Å². The molecule has 7 nitrogen and oxygen atoms in total. The Kier molecular flexibility index (Phi) is 7.29. The highest BCUT2D eigenvalue weighted by atomic mass is 32.1. The number of aromatic nitrogens is 1. The number of ether oxygens (including phenoxy) is 1. The van der Waals surface area contributed by atoms with E-state index < -0.39 is 11.9 Å². The van der Waals surface area contributed by atoms with Crippen LogP contribution in [-0.4, -0.2) is 49.2 Å². The van der Waals surface area contributed by atoms with Crippen LogP contribution in [0.5, 0.6) is 0 Å². The first kappa shape index (κ1) is 22.1. The monoisotopic (exact) mass is 427 g/mol. The molecule has 0 bridgehead atoms. The van der Waals surface area contributed by atoms with Crippen molar-refractivity contribution in [3.8, 4) is 17.2 Å². The van der Waals surface area contributed by atoms with Crippen LogP contribution in [0.2, 0.25) is 0 Å². The number of carbonyl (C=O) groups is 1. The van der Waals surface area contributed by atoms with Crippen molar-refractivity contribution in [1.82, 2.24) is 4.37 Å². The molecule has 1 fully saturated rings. The molecule has 3 rings (SSSR count). The van der Waals surface area contributed by atoms with Crippen molar-refractivity contribution in [1.29, 1.82) is 5.26 Å². The topological polar surface area (TPSA) is 95.5 Å². The van der Waals surface area contributed by atoms with Gasteiger partial charge in [0.05, 0.1) is 25.0 Å². The van der Waals surface area contributed by atoms with Crippen LogP contribution in [0.1, 0.15) is 26.0 Å². The summed E-state index contributed by atoms with van der Waals surface area (Å²) in [6.07, 6.45) is 0.587. The Balaban J connectivity index is 1.96. The first-order valence-electron chi connectivity index (χ1n) is 10.2. The van der Waals surface area contributed by atoms with E-state index in [-0.39, 0.29) is 12.5 Å². The molecule has 2 heterocycles. The second kappa shape index (κ2) is 9.92. The predicted molar refractivity (Wildman–Crippen MR) is 121 cm³/mol. The van der Waals surface area contributed by atoms with E-state index in [1.165, 1.54) is 11.5 Å². The van der Waals surface area contributed by atoms with Gasteiger partial charge in [-0.15, -0.1) is 0 Å². The minimum atomic E-state index is -0.545. The summed E-state index contributed by atoms with van der Waals surface area (Å²) in [5, 5.41) is 10.3. The number of primary amides is 1. The summed E-state index contributed by atoms with van der Waals surface area (Å²) in [6.45, 7) is 9.38. The maximum atomic E-state index is 12.2. The van der Waals surface area contributed by atoms with Crippen LogP contribution >= 0.6 is 11.5 Å². The third-order valence-electron chi connectivity index (χ3n) is 5.28. The van der Waals surface area contributed by atoms with E-state index in [2.05, 4.69) is 39.6 Å². The normalized spacial score (nSPS) is 15.1. The van der Waals surface area contributed by atoms with Gasteiger partial charge in [-0.25, -0.2) is 0 Å². The highest BCUT2D eigenvalue weighted by molar-refractivity contribution is 7.11. The van der Waals surface area contributed by atoms with E-state index in [1.54, 1.807) is 0 Å². The van der Waals surface area contributed by atoms with Crippen molar-refractivity contribution in [2.75, 3.05) is 42.6 Å². The third kappa shape index (κ3) is 4.91. The molecule has 1 saturated heterocycles. The Labute approximate surface area is 182 Å². The number of benzene rings is 1. The molecule has 1 aliphatic heterocycles. The van der Waals surface area contributed by atoms with Crippen molar-refractivity contribution in [3.63, 3.8) is 0 Å². The van der Waals surface area contributed by atoms with Crippen LogP contribution in [0, 0.1) is 24.2 Å². The molecular weight excluding hydrogens is 398 g/mol. The number of carbonyl (C=O) groups excluding carboxylic acids is 1. The second-order valence-electron chi connectivity index (χ2n) is 7.93. The number of hydrogen-bond donors (Lipinski definition) is 1. The van der Waals surface area contributed by atoms with E-state index in [9.17, 15) is 10.1 Å². The van der Waals surface area contributed by atoms with Gasteiger partial charge in [-0.3, -0.25) is 4.79 Å². The van der Waals surface area contributed by atoms with Crippen LogP contribution in [0.4, 0.5) is 10.7 Å². The number of aryl methyl sites for hydroxylation is 1. The van der Waals surface area contributed by atoms with Gasteiger partial charge in [0.1, 0.15) is 17.6 Å². The number of anilines is 2. The second-order valence-corrected chi connectivity index (χ2v) is 8.68. The Morgan fingerprint density at radius 3 is 2.57 bits per heavy atom. The smallest absolute Gasteiger partial charge is 0.240 e. The zero-order valence-electron chi connectivity index (χ0n) is 17.8. The maximum absolute atomic E-state index is 12.2. The molecule has 1 aliphatic rings. The number of amides is 1. The van der Waals surface area contributed by atoms with Gasteiger partial charge < -0.3 is 20.3 Å². The van der Waals surface area contributed by atoms with Crippen LogP contribution in [0.15, 0.2) is 24.3 Å². The predicted octanol–water partition coefficient (Wildman–Crippen LogP) is 3.19. The third-order valence-corrected chi connectivity index (χ3v) is 6.25. The molecule has 2 N–H and O–H groups in total. The highest BCUT2D eigenvalue weighted by Gasteiger charge is 2.29. The Hall–Kier alpha value is -2.63. The average molecular weight is 428 g/mol. The fraction of sp³-hybridized carbons (Fsp3) is 0.500. The molecule has 0 aliphatic carbocycles.